The maximum Gasteiger partial charge on any atom is 0.225 e. The Morgan fingerprint density at radius 1 is 1.47 bits per heavy atom. The van der Waals surface area contributed by atoms with Crippen molar-refractivity contribution in [3.05, 3.63) is 27.7 Å². The third-order valence-electron chi connectivity index (χ3n) is 2.49. The van der Waals surface area contributed by atoms with Gasteiger partial charge >= 0.3 is 0 Å². The van der Waals surface area contributed by atoms with Gasteiger partial charge in [-0.1, -0.05) is 23.2 Å². The summed E-state index contributed by atoms with van der Waals surface area (Å²) in [6, 6.07) is 3.37. The van der Waals surface area contributed by atoms with Gasteiger partial charge in [-0.15, -0.1) is 0 Å². The summed E-state index contributed by atoms with van der Waals surface area (Å²) in [5.74, 6) is -0.0604. The van der Waals surface area contributed by atoms with Gasteiger partial charge in [0, 0.05) is 28.1 Å². The van der Waals surface area contributed by atoms with Crippen molar-refractivity contribution >= 4 is 34.8 Å². The Morgan fingerprint density at radius 2 is 2.20 bits per heavy atom. The zero-order chi connectivity index (χ0) is 11.0. The largest absolute Gasteiger partial charge is 0.330 e. The lowest BCUT2D eigenvalue weighted by atomic mass is 9.90. The van der Waals surface area contributed by atoms with E-state index < -0.39 is 0 Å². The van der Waals surface area contributed by atoms with E-state index >= 15 is 0 Å². The molecule has 1 aliphatic rings. The molecule has 0 radical (unpaired) electrons. The first-order valence-electron chi connectivity index (χ1n) is 4.60. The first kappa shape index (κ1) is 10.7. The zero-order valence-corrected chi connectivity index (χ0v) is 9.40. The Hall–Kier alpha value is -0.770. The number of anilines is 1. The monoisotopic (exact) mass is 244 g/mol. The lowest BCUT2D eigenvalue weighted by molar-refractivity contribution is -0.116. The minimum absolute atomic E-state index is 0.0153. The van der Waals surface area contributed by atoms with Crippen LogP contribution in [0, 0.1) is 0 Å². The summed E-state index contributed by atoms with van der Waals surface area (Å²) in [7, 11) is 0. The van der Waals surface area contributed by atoms with E-state index in [1.807, 2.05) is 0 Å². The van der Waals surface area contributed by atoms with Crippen LogP contribution in [0.3, 0.4) is 0 Å². The van der Waals surface area contributed by atoms with E-state index in [4.69, 9.17) is 28.9 Å². The van der Waals surface area contributed by atoms with Crippen LogP contribution in [-0.4, -0.2) is 12.5 Å². The molecule has 0 saturated carbocycles. The molecule has 0 bridgehead atoms. The van der Waals surface area contributed by atoms with Gasteiger partial charge in [-0.25, -0.2) is 0 Å². The van der Waals surface area contributed by atoms with Crippen molar-refractivity contribution in [1.29, 1.82) is 0 Å². The molecule has 2 rings (SSSR count). The highest BCUT2D eigenvalue weighted by Crippen LogP contribution is 2.38. The topological polar surface area (TPSA) is 55.1 Å². The second kappa shape index (κ2) is 4.00. The molecule has 1 aromatic carbocycles. The third kappa shape index (κ3) is 1.95. The average Bonchev–Trinajstić information content (AvgIpc) is 2.14. The molecule has 0 fully saturated rings. The van der Waals surface area contributed by atoms with Crippen molar-refractivity contribution in [2.45, 2.75) is 12.3 Å². The van der Waals surface area contributed by atoms with Gasteiger partial charge in [0.25, 0.3) is 0 Å². The molecule has 0 aromatic heterocycles. The molecule has 5 heteroatoms. The third-order valence-corrected chi connectivity index (χ3v) is 3.02. The Bertz CT molecular complexity index is 420. The fourth-order valence-electron chi connectivity index (χ4n) is 1.83. The predicted octanol–water partition coefficient (Wildman–Crippen LogP) is 2.38. The molecule has 0 aliphatic carbocycles. The van der Waals surface area contributed by atoms with Crippen molar-refractivity contribution in [3.8, 4) is 0 Å². The molecule has 3 N–H and O–H groups in total. The number of nitrogens with one attached hydrogen (secondary N) is 1. The summed E-state index contributed by atoms with van der Waals surface area (Å²) in [6.45, 7) is 0.405. The molecule has 1 unspecified atom stereocenters. The molecule has 1 amide bonds. The summed E-state index contributed by atoms with van der Waals surface area (Å²) in [5.41, 5.74) is 7.19. The maximum absolute atomic E-state index is 11.4. The molecule has 0 saturated heterocycles. The van der Waals surface area contributed by atoms with E-state index in [1.165, 1.54) is 0 Å². The molecule has 3 nitrogen and oxygen atoms in total. The molecule has 0 spiro atoms. The van der Waals surface area contributed by atoms with Crippen LogP contribution in [0.4, 0.5) is 5.69 Å². The van der Waals surface area contributed by atoms with Gasteiger partial charge in [-0.05, 0) is 24.2 Å². The fraction of sp³-hybridized carbons (Fsp3) is 0.300. The lowest BCUT2D eigenvalue weighted by Gasteiger charge is -2.25. The minimum Gasteiger partial charge on any atom is -0.330 e. The molecule has 1 heterocycles. The highest BCUT2D eigenvalue weighted by atomic mass is 35.5. The lowest BCUT2D eigenvalue weighted by Crippen LogP contribution is -2.27. The number of fused-ring (bicyclic) bond motifs is 1. The van der Waals surface area contributed by atoms with Crippen LogP contribution in [-0.2, 0) is 4.79 Å². The van der Waals surface area contributed by atoms with E-state index in [-0.39, 0.29) is 11.8 Å². The zero-order valence-electron chi connectivity index (χ0n) is 7.89. The SMILES string of the molecule is NCC1CC(=O)Nc2cc(Cl)cc(Cl)c21. The fourth-order valence-corrected chi connectivity index (χ4v) is 2.48. The number of hydrogen-bond donors (Lipinski definition) is 2. The molecule has 1 aromatic rings. The van der Waals surface area contributed by atoms with Crippen molar-refractivity contribution in [2.75, 3.05) is 11.9 Å². The highest BCUT2D eigenvalue weighted by Gasteiger charge is 2.26. The van der Waals surface area contributed by atoms with Crippen molar-refractivity contribution < 1.29 is 4.79 Å². The molecule has 15 heavy (non-hydrogen) atoms. The molecular formula is C10H10Cl2N2O. The Kier molecular flexibility index (Phi) is 2.87. The number of hydrogen-bond acceptors (Lipinski definition) is 2. The van der Waals surface area contributed by atoms with Gasteiger partial charge in [-0.3, -0.25) is 4.79 Å². The summed E-state index contributed by atoms with van der Waals surface area (Å²) in [5, 5.41) is 3.82. The van der Waals surface area contributed by atoms with Crippen molar-refractivity contribution in [2.24, 2.45) is 5.73 Å². The van der Waals surface area contributed by atoms with E-state index in [1.54, 1.807) is 12.1 Å². The van der Waals surface area contributed by atoms with Gasteiger partial charge in [-0.2, -0.15) is 0 Å². The number of benzene rings is 1. The second-order valence-electron chi connectivity index (χ2n) is 3.53. The first-order chi connectivity index (χ1) is 7.11. The van der Waals surface area contributed by atoms with Crippen LogP contribution >= 0.6 is 23.2 Å². The normalized spacial score (nSPS) is 19.7. The van der Waals surface area contributed by atoms with Gasteiger partial charge in [0.2, 0.25) is 5.91 Å². The molecule has 1 aliphatic heterocycles. The number of nitrogens with two attached hydrogens (primary N) is 1. The number of carbonyl (C=O) groups is 1. The van der Waals surface area contributed by atoms with Crippen LogP contribution in [0.1, 0.15) is 17.9 Å². The van der Waals surface area contributed by atoms with Crippen molar-refractivity contribution in [1.82, 2.24) is 0 Å². The van der Waals surface area contributed by atoms with Crippen LogP contribution in [0.2, 0.25) is 10.0 Å². The Labute approximate surface area is 97.5 Å². The first-order valence-corrected chi connectivity index (χ1v) is 5.36. The summed E-state index contributed by atoms with van der Waals surface area (Å²) >= 11 is 11.9. The number of carbonyl (C=O) groups excluding carboxylic acids is 1. The Balaban J connectivity index is 2.55. The second-order valence-corrected chi connectivity index (χ2v) is 4.38. The summed E-state index contributed by atoms with van der Waals surface area (Å²) < 4.78 is 0. The average molecular weight is 245 g/mol. The molecular weight excluding hydrogens is 235 g/mol. The Morgan fingerprint density at radius 3 is 2.87 bits per heavy atom. The summed E-state index contributed by atoms with van der Waals surface area (Å²) in [6.07, 6.45) is 0.380. The number of rotatable bonds is 1. The van der Waals surface area contributed by atoms with E-state index in [2.05, 4.69) is 5.32 Å². The maximum atomic E-state index is 11.4. The smallest absolute Gasteiger partial charge is 0.225 e. The quantitative estimate of drug-likeness (QED) is 0.798. The van der Waals surface area contributed by atoms with Crippen LogP contribution in [0.25, 0.3) is 0 Å². The van der Waals surface area contributed by atoms with E-state index in [0.717, 1.165) is 5.56 Å². The summed E-state index contributed by atoms with van der Waals surface area (Å²) in [4.78, 5) is 11.4. The van der Waals surface area contributed by atoms with Gasteiger partial charge in [0.1, 0.15) is 0 Å². The molecule has 1 atom stereocenters. The van der Waals surface area contributed by atoms with Crippen LogP contribution in [0.15, 0.2) is 12.1 Å². The van der Waals surface area contributed by atoms with Gasteiger partial charge in [0.05, 0.1) is 0 Å². The van der Waals surface area contributed by atoms with Crippen molar-refractivity contribution in [3.63, 3.8) is 0 Å². The van der Waals surface area contributed by atoms with Gasteiger partial charge < -0.3 is 11.1 Å². The number of halogens is 2. The standard InChI is InChI=1S/C10H10Cl2N2O/c11-6-2-7(12)10-5(4-13)1-9(15)14-8(10)3-6/h2-3,5H,1,4,13H2,(H,14,15). The minimum atomic E-state index is -0.0451. The van der Waals surface area contributed by atoms with Crippen LogP contribution in [0.5, 0.6) is 0 Å². The van der Waals surface area contributed by atoms with Gasteiger partial charge in [0.15, 0.2) is 0 Å². The van der Waals surface area contributed by atoms with Crippen LogP contribution < -0.4 is 11.1 Å². The molecule has 80 valence electrons. The predicted molar refractivity (Wildman–Crippen MR) is 61.5 cm³/mol. The van der Waals surface area contributed by atoms with E-state index in [0.29, 0.717) is 28.7 Å². The van der Waals surface area contributed by atoms with E-state index in [9.17, 15) is 4.79 Å². The highest BCUT2D eigenvalue weighted by molar-refractivity contribution is 6.36. The number of amides is 1.